The third-order valence-electron chi connectivity index (χ3n) is 0.461. The third-order valence-corrected chi connectivity index (χ3v) is 2.36. The maximum atomic E-state index is 10.1. The molecule has 0 aromatic heterocycles. The maximum absolute atomic E-state index is 10.1. The first-order chi connectivity index (χ1) is 2.94. The molecule has 0 saturated carbocycles. The average molecular weight is 141 g/mol. The normalized spacial score (nSPS) is 12.6. The molecule has 0 fully saturated rings. The van der Waals surface area contributed by atoms with E-state index in [0.29, 0.717) is 0 Å². The number of thiol groups is 1. The Balaban J connectivity index is 4.10. The molecule has 0 rings (SSSR count). The second kappa shape index (κ2) is 2.02. The van der Waals surface area contributed by atoms with Crippen molar-refractivity contribution in [3.05, 3.63) is 0 Å². The lowest BCUT2D eigenvalue weighted by Gasteiger charge is -2.01. The minimum atomic E-state index is -3.21. The van der Waals surface area contributed by atoms with Gasteiger partial charge in [0, 0.05) is 14.1 Å². The predicted molar refractivity (Wildman–Crippen MR) is 31.6 cm³/mol. The fraction of sp³-hybridized carbons (Fsp3) is 1.00. The second-order valence-corrected chi connectivity index (χ2v) is 4.27. The summed E-state index contributed by atoms with van der Waals surface area (Å²) in [6.07, 6.45) is 0. The summed E-state index contributed by atoms with van der Waals surface area (Å²) in [5.41, 5.74) is 0. The van der Waals surface area contributed by atoms with E-state index in [0.717, 1.165) is 4.31 Å². The molecule has 0 spiro atoms. The van der Waals surface area contributed by atoms with E-state index in [4.69, 9.17) is 0 Å². The summed E-state index contributed by atoms with van der Waals surface area (Å²) in [5.74, 6) is 0. The molecular formula is C2H7NO2S2. The van der Waals surface area contributed by atoms with Gasteiger partial charge in [0.05, 0.1) is 0 Å². The molecule has 3 nitrogen and oxygen atoms in total. The van der Waals surface area contributed by atoms with Crippen molar-refractivity contribution in [1.29, 1.82) is 0 Å². The summed E-state index contributed by atoms with van der Waals surface area (Å²) in [6, 6.07) is 0. The summed E-state index contributed by atoms with van der Waals surface area (Å²) in [6.45, 7) is 0. The van der Waals surface area contributed by atoms with Crippen molar-refractivity contribution < 1.29 is 8.42 Å². The Morgan fingerprint density at radius 1 is 1.43 bits per heavy atom. The Labute approximate surface area is 48.2 Å². The highest BCUT2D eigenvalue weighted by Gasteiger charge is 2.02. The monoisotopic (exact) mass is 141 g/mol. The lowest BCUT2D eigenvalue weighted by molar-refractivity contribution is 0.539. The predicted octanol–water partition coefficient (Wildman–Crippen LogP) is -0.277. The highest BCUT2D eigenvalue weighted by Crippen LogP contribution is 1.95. The summed E-state index contributed by atoms with van der Waals surface area (Å²) in [4.78, 5) is 0. The van der Waals surface area contributed by atoms with Crippen LogP contribution >= 0.6 is 11.7 Å². The molecular weight excluding hydrogens is 134 g/mol. The van der Waals surface area contributed by atoms with Crippen LogP contribution in [0.4, 0.5) is 0 Å². The smallest absolute Gasteiger partial charge is 0.201 e. The van der Waals surface area contributed by atoms with Crippen molar-refractivity contribution in [3.8, 4) is 0 Å². The van der Waals surface area contributed by atoms with Gasteiger partial charge in [0.2, 0.25) is 0 Å². The summed E-state index contributed by atoms with van der Waals surface area (Å²) < 4.78 is 21.3. The molecule has 0 aliphatic rings. The Kier molecular flexibility index (Phi) is 2.09. The standard InChI is InChI=1S/C2H7NO2S2/c1-3(2)7(4,5)6/h1-2H3,(H,4,5,6). The van der Waals surface area contributed by atoms with Crippen LogP contribution in [0.25, 0.3) is 0 Å². The first-order valence-electron chi connectivity index (χ1n) is 1.59. The van der Waals surface area contributed by atoms with Crippen molar-refractivity contribution in [2.45, 2.75) is 0 Å². The van der Waals surface area contributed by atoms with E-state index in [1.807, 2.05) is 0 Å². The van der Waals surface area contributed by atoms with Gasteiger partial charge in [0.1, 0.15) is 0 Å². The summed E-state index contributed by atoms with van der Waals surface area (Å²) in [5, 5.41) is 0. The molecule has 0 N–H and O–H groups in total. The molecule has 7 heavy (non-hydrogen) atoms. The van der Waals surface area contributed by atoms with E-state index in [1.165, 1.54) is 14.1 Å². The van der Waals surface area contributed by atoms with E-state index < -0.39 is 9.06 Å². The maximum Gasteiger partial charge on any atom is 0.264 e. The summed E-state index contributed by atoms with van der Waals surface area (Å²) >= 11 is 3.25. The quantitative estimate of drug-likeness (QED) is 0.403. The lowest BCUT2D eigenvalue weighted by Crippen LogP contribution is -2.15. The van der Waals surface area contributed by atoms with Crippen molar-refractivity contribution >= 4 is 20.7 Å². The van der Waals surface area contributed by atoms with Gasteiger partial charge in [-0.05, 0) is 11.7 Å². The molecule has 0 amide bonds. The van der Waals surface area contributed by atoms with Crippen LogP contribution in [0.2, 0.25) is 0 Å². The topological polar surface area (TPSA) is 37.4 Å². The van der Waals surface area contributed by atoms with Crippen LogP contribution in [0.15, 0.2) is 0 Å². The SMILES string of the molecule is CN(C)S(=O)(=O)S. The fourth-order valence-electron chi connectivity index (χ4n) is 0. The molecule has 0 bridgehead atoms. The number of rotatable bonds is 1. The van der Waals surface area contributed by atoms with Crippen molar-refractivity contribution in [2.24, 2.45) is 0 Å². The molecule has 0 unspecified atom stereocenters. The van der Waals surface area contributed by atoms with Crippen molar-refractivity contribution in [3.63, 3.8) is 0 Å². The van der Waals surface area contributed by atoms with Crippen LogP contribution < -0.4 is 0 Å². The van der Waals surface area contributed by atoms with Crippen LogP contribution in [0, 0.1) is 0 Å². The van der Waals surface area contributed by atoms with Crippen LogP contribution in [-0.4, -0.2) is 26.8 Å². The molecule has 5 heteroatoms. The van der Waals surface area contributed by atoms with E-state index in [9.17, 15) is 8.42 Å². The van der Waals surface area contributed by atoms with Crippen LogP contribution in [0.5, 0.6) is 0 Å². The molecule has 0 aromatic rings. The Bertz CT molecular complexity index is 136. The first-order valence-corrected chi connectivity index (χ1v) is 4.09. The number of hydrogen-bond donors (Lipinski definition) is 1. The average Bonchev–Trinajstić information content (AvgIpc) is 1.31. The molecule has 0 heterocycles. The van der Waals surface area contributed by atoms with Gasteiger partial charge in [0.15, 0.2) is 0 Å². The Morgan fingerprint density at radius 3 is 1.57 bits per heavy atom. The Hall–Kier alpha value is 0.260. The Morgan fingerprint density at radius 2 is 1.57 bits per heavy atom. The van der Waals surface area contributed by atoms with Gasteiger partial charge in [-0.15, -0.1) is 0 Å². The zero-order valence-electron chi connectivity index (χ0n) is 4.12. The molecule has 0 atom stereocenters. The van der Waals surface area contributed by atoms with Gasteiger partial charge < -0.3 is 0 Å². The molecule has 0 aliphatic carbocycles. The van der Waals surface area contributed by atoms with Crippen molar-refractivity contribution in [1.82, 2.24) is 4.31 Å². The third kappa shape index (κ3) is 2.90. The zero-order valence-corrected chi connectivity index (χ0v) is 5.83. The van der Waals surface area contributed by atoms with E-state index in [1.54, 1.807) is 0 Å². The minimum absolute atomic E-state index is 1.02. The molecule has 0 aliphatic heterocycles. The van der Waals surface area contributed by atoms with Crippen molar-refractivity contribution in [2.75, 3.05) is 14.1 Å². The van der Waals surface area contributed by atoms with Gasteiger partial charge in [-0.1, -0.05) is 0 Å². The largest absolute Gasteiger partial charge is 0.264 e. The first kappa shape index (κ1) is 7.26. The van der Waals surface area contributed by atoms with Gasteiger partial charge in [-0.25, -0.2) is 8.42 Å². The highest BCUT2D eigenvalue weighted by molar-refractivity contribution is 8.62. The molecule has 0 aromatic carbocycles. The van der Waals surface area contributed by atoms with Gasteiger partial charge >= 0.3 is 0 Å². The highest BCUT2D eigenvalue weighted by atomic mass is 33.1. The molecule has 0 radical (unpaired) electrons. The van der Waals surface area contributed by atoms with Gasteiger partial charge in [0.25, 0.3) is 9.06 Å². The van der Waals surface area contributed by atoms with Crippen LogP contribution in [0.1, 0.15) is 0 Å². The van der Waals surface area contributed by atoms with E-state index in [2.05, 4.69) is 11.7 Å². The molecule has 44 valence electrons. The van der Waals surface area contributed by atoms with Gasteiger partial charge in [-0.3, -0.25) is 0 Å². The van der Waals surface area contributed by atoms with Crippen LogP contribution in [0.3, 0.4) is 0 Å². The zero-order chi connectivity index (χ0) is 6.08. The fourth-order valence-corrected chi connectivity index (χ4v) is 0. The van der Waals surface area contributed by atoms with E-state index >= 15 is 0 Å². The molecule has 0 saturated heterocycles. The second-order valence-electron chi connectivity index (χ2n) is 1.26. The lowest BCUT2D eigenvalue weighted by atomic mass is 11.3. The van der Waals surface area contributed by atoms with Gasteiger partial charge in [-0.2, -0.15) is 4.31 Å². The number of hydrogen-bond acceptors (Lipinski definition) is 2. The summed E-state index contributed by atoms with van der Waals surface area (Å²) in [7, 11) is -0.375. The van der Waals surface area contributed by atoms with E-state index in [-0.39, 0.29) is 0 Å². The minimum Gasteiger partial charge on any atom is -0.201 e. The van der Waals surface area contributed by atoms with Crippen LogP contribution in [-0.2, 0) is 9.06 Å². The number of nitrogens with zero attached hydrogens (tertiary/aromatic N) is 1.